The summed E-state index contributed by atoms with van der Waals surface area (Å²) in [4.78, 5) is 0. The molecule has 0 saturated carbocycles. The summed E-state index contributed by atoms with van der Waals surface area (Å²) < 4.78 is 31.3. The normalized spacial score (nSPS) is 12.7. The zero-order valence-electron chi connectivity index (χ0n) is 11.8. The summed E-state index contributed by atoms with van der Waals surface area (Å²) in [5.41, 5.74) is 1.65. The maximum atomic E-state index is 11.8. The molecule has 1 rings (SSSR count). The minimum Gasteiger partial charge on any atom is -0.411 e. The Morgan fingerprint density at radius 1 is 1.35 bits per heavy atom. The molecule has 0 amide bonds. The first kappa shape index (κ1) is 16.5. The first-order chi connectivity index (χ1) is 9.34. The van der Waals surface area contributed by atoms with E-state index >= 15 is 0 Å². The van der Waals surface area contributed by atoms with Crippen LogP contribution in [0.2, 0.25) is 0 Å². The van der Waals surface area contributed by atoms with E-state index in [1.807, 2.05) is 13.8 Å². The molecular formula is C13H20N2O4S. The molecule has 112 valence electrons. The molecule has 0 aliphatic rings. The Kier molecular flexibility index (Phi) is 5.97. The molecule has 0 unspecified atom stereocenters. The lowest BCUT2D eigenvalue weighted by molar-refractivity contribution is 0.0913. The molecule has 0 saturated heterocycles. The first-order valence-corrected chi connectivity index (χ1v) is 7.90. The van der Waals surface area contributed by atoms with Crippen LogP contribution in [0.5, 0.6) is 0 Å². The molecule has 0 heterocycles. The molecule has 7 heteroatoms. The fourth-order valence-corrected chi connectivity index (χ4v) is 2.37. The molecule has 6 nitrogen and oxygen atoms in total. The van der Waals surface area contributed by atoms with Crippen LogP contribution in [0.4, 0.5) is 5.69 Å². The van der Waals surface area contributed by atoms with E-state index in [9.17, 15) is 8.42 Å². The molecule has 2 N–H and O–H groups in total. The van der Waals surface area contributed by atoms with Crippen molar-refractivity contribution >= 4 is 21.4 Å². The molecule has 0 aromatic heterocycles. The number of nitrogens with one attached hydrogen (secondary N) is 1. The van der Waals surface area contributed by atoms with Crippen LogP contribution in [0.3, 0.4) is 0 Å². The molecule has 0 bridgehead atoms. The molecule has 0 atom stereocenters. The smallest absolute Gasteiger partial charge is 0.234 e. The number of benzene rings is 1. The van der Waals surface area contributed by atoms with E-state index in [-0.39, 0.29) is 18.5 Å². The zero-order chi connectivity index (χ0) is 15.2. The maximum absolute atomic E-state index is 11.8. The number of anilines is 1. The van der Waals surface area contributed by atoms with Crippen LogP contribution in [0, 0.1) is 0 Å². The largest absolute Gasteiger partial charge is 0.411 e. The van der Waals surface area contributed by atoms with Gasteiger partial charge in [-0.05, 0) is 38.5 Å². The summed E-state index contributed by atoms with van der Waals surface area (Å²) in [6.45, 7) is 5.51. The Morgan fingerprint density at radius 2 is 1.95 bits per heavy atom. The van der Waals surface area contributed by atoms with Crippen molar-refractivity contribution < 1.29 is 18.4 Å². The van der Waals surface area contributed by atoms with Gasteiger partial charge in [-0.25, -0.2) is 8.42 Å². The minimum atomic E-state index is -3.42. The number of hydrogen-bond donors (Lipinski definition) is 2. The summed E-state index contributed by atoms with van der Waals surface area (Å²) in [6.07, 6.45) is 0.00484. The van der Waals surface area contributed by atoms with Gasteiger partial charge in [-0.1, -0.05) is 17.3 Å². The van der Waals surface area contributed by atoms with Crippen LogP contribution >= 0.6 is 0 Å². The Hall–Kier alpha value is -1.60. The third kappa shape index (κ3) is 5.58. The van der Waals surface area contributed by atoms with Crippen molar-refractivity contribution in [3.05, 3.63) is 29.8 Å². The third-order valence-corrected chi connectivity index (χ3v) is 3.78. The molecule has 1 aromatic rings. The highest BCUT2D eigenvalue weighted by Crippen LogP contribution is 2.12. The van der Waals surface area contributed by atoms with Crippen molar-refractivity contribution in [3.8, 4) is 0 Å². The third-order valence-electron chi connectivity index (χ3n) is 2.53. The van der Waals surface area contributed by atoms with Gasteiger partial charge in [0.2, 0.25) is 10.0 Å². The van der Waals surface area contributed by atoms with E-state index in [1.54, 1.807) is 31.2 Å². The van der Waals surface area contributed by atoms with Gasteiger partial charge >= 0.3 is 0 Å². The molecule has 20 heavy (non-hydrogen) atoms. The van der Waals surface area contributed by atoms with Crippen molar-refractivity contribution in [1.29, 1.82) is 0 Å². The van der Waals surface area contributed by atoms with E-state index < -0.39 is 10.0 Å². The van der Waals surface area contributed by atoms with Crippen molar-refractivity contribution in [2.45, 2.75) is 26.9 Å². The minimum absolute atomic E-state index is 0.00484. The van der Waals surface area contributed by atoms with Crippen LogP contribution in [-0.2, 0) is 14.8 Å². The van der Waals surface area contributed by atoms with E-state index in [0.29, 0.717) is 11.4 Å². The van der Waals surface area contributed by atoms with Crippen molar-refractivity contribution in [2.75, 3.05) is 17.1 Å². The number of hydrogen-bond acceptors (Lipinski definition) is 5. The van der Waals surface area contributed by atoms with Gasteiger partial charge in [-0.3, -0.25) is 4.72 Å². The predicted molar refractivity (Wildman–Crippen MR) is 78.9 cm³/mol. The number of oxime groups is 1. The number of nitrogens with zero attached hydrogens (tertiary/aromatic N) is 1. The second-order valence-corrected chi connectivity index (χ2v) is 6.45. The van der Waals surface area contributed by atoms with Gasteiger partial charge in [0, 0.05) is 5.69 Å². The summed E-state index contributed by atoms with van der Waals surface area (Å²) in [5.74, 6) is -0.0932. The molecular weight excluding hydrogens is 280 g/mol. The lowest BCUT2D eigenvalue weighted by atomic mass is 10.1. The Labute approximate surface area is 119 Å². The summed E-state index contributed by atoms with van der Waals surface area (Å²) in [7, 11) is -3.42. The van der Waals surface area contributed by atoms with E-state index in [4.69, 9.17) is 9.94 Å². The number of sulfonamides is 1. The fourth-order valence-electron chi connectivity index (χ4n) is 1.46. The Balaban J connectivity index is 2.63. The second-order valence-electron chi connectivity index (χ2n) is 4.60. The van der Waals surface area contributed by atoms with Gasteiger partial charge in [0.15, 0.2) is 0 Å². The van der Waals surface area contributed by atoms with Gasteiger partial charge in [0.05, 0.1) is 24.2 Å². The first-order valence-electron chi connectivity index (χ1n) is 6.25. The van der Waals surface area contributed by atoms with E-state index in [1.165, 1.54) is 0 Å². The second kappa shape index (κ2) is 7.25. The SMILES string of the molecule is CC(=NO)c1ccc(NS(=O)(=O)CCOC(C)C)cc1. The van der Waals surface area contributed by atoms with Gasteiger partial charge < -0.3 is 9.94 Å². The zero-order valence-corrected chi connectivity index (χ0v) is 12.6. The monoisotopic (exact) mass is 300 g/mol. The highest BCUT2D eigenvalue weighted by atomic mass is 32.2. The standard InChI is InChI=1S/C13H20N2O4S/c1-10(2)19-8-9-20(17,18)15-13-6-4-12(5-7-13)11(3)14-16/h4-7,10,15-16H,8-9H2,1-3H3. The molecule has 0 radical (unpaired) electrons. The molecule has 0 aliphatic carbocycles. The lowest BCUT2D eigenvalue weighted by Gasteiger charge is -2.10. The van der Waals surface area contributed by atoms with Crippen molar-refractivity contribution in [3.63, 3.8) is 0 Å². The van der Waals surface area contributed by atoms with E-state index in [0.717, 1.165) is 5.56 Å². The van der Waals surface area contributed by atoms with E-state index in [2.05, 4.69) is 9.88 Å². The molecule has 0 fully saturated rings. The number of ether oxygens (including phenoxy) is 1. The predicted octanol–water partition coefficient (Wildman–Crippen LogP) is 2.05. The topological polar surface area (TPSA) is 88.0 Å². The Morgan fingerprint density at radius 3 is 2.45 bits per heavy atom. The fraction of sp³-hybridized carbons (Fsp3) is 0.462. The van der Waals surface area contributed by atoms with Crippen LogP contribution < -0.4 is 4.72 Å². The summed E-state index contributed by atoms with van der Waals surface area (Å²) >= 11 is 0. The summed E-state index contributed by atoms with van der Waals surface area (Å²) in [5, 5.41) is 11.7. The average molecular weight is 300 g/mol. The van der Waals surface area contributed by atoms with Gasteiger partial charge in [0.1, 0.15) is 0 Å². The lowest BCUT2D eigenvalue weighted by Crippen LogP contribution is -2.21. The quantitative estimate of drug-likeness (QED) is 0.458. The van der Waals surface area contributed by atoms with Gasteiger partial charge in [-0.2, -0.15) is 0 Å². The highest BCUT2D eigenvalue weighted by molar-refractivity contribution is 7.92. The van der Waals surface area contributed by atoms with Crippen molar-refractivity contribution in [2.24, 2.45) is 5.16 Å². The highest BCUT2D eigenvalue weighted by Gasteiger charge is 2.11. The summed E-state index contributed by atoms with van der Waals surface area (Å²) in [6, 6.07) is 6.59. The number of rotatable bonds is 7. The maximum Gasteiger partial charge on any atom is 0.234 e. The molecule has 0 spiro atoms. The molecule has 0 aliphatic heterocycles. The van der Waals surface area contributed by atoms with Gasteiger partial charge in [0.25, 0.3) is 0 Å². The van der Waals surface area contributed by atoms with Gasteiger partial charge in [-0.15, -0.1) is 0 Å². The van der Waals surface area contributed by atoms with Crippen LogP contribution in [-0.4, -0.2) is 37.8 Å². The van der Waals surface area contributed by atoms with Crippen molar-refractivity contribution in [1.82, 2.24) is 0 Å². The molecule has 1 aromatic carbocycles. The average Bonchev–Trinajstić information content (AvgIpc) is 2.37. The van der Waals surface area contributed by atoms with Crippen LogP contribution in [0.25, 0.3) is 0 Å². The van der Waals surface area contributed by atoms with Crippen LogP contribution in [0.1, 0.15) is 26.3 Å². The Bertz CT molecular complexity index is 550. The van der Waals surface area contributed by atoms with Crippen LogP contribution in [0.15, 0.2) is 29.4 Å².